The lowest BCUT2D eigenvalue weighted by Gasteiger charge is -2.26. The van der Waals surface area contributed by atoms with Gasteiger partial charge in [0.15, 0.2) is 5.78 Å². The molecule has 1 aromatic carbocycles. The molecular formula is C37H49FN4O9S. The van der Waals surface area contributed by atoms with Gasteiger partial charge in [-0.2, -0.15) is 0 Å². The van der Waals surface area contributed by atoms with Crippen molar-refractivity contribution < 1.29 is 46.3 Å². The van der Waals surface area contributed by atoms with E-state index in [1.807, 2.05) is 32.9 Å². The normalized spacial score (nSPS) is 29.4. The Hall–Kier alpha value is -4.01. The van der Waals surface area contributed by atoms with Crippen molar-refractivity contribution in [2.24, 2.45) is 23.2 Å². The SMILES string of the molecule is CC(C)(C)COC(=O)N[C@H]1CCCCCC=C[C@@H]2C[C@@]2(C(=O)NS(=O)(=O)C2CC2)NC(=O)[C@@H]2C[C@@H](OC(=O)N3Cc4cccc(F)c4C3)CC2C1=O. The first-order chi connectivity index (χ1) is 24.6. The van der Waals surface area contributed by atoms with Gasteiger partial charge < -0.3 is 20.1 Å². The van der Waals surface area contributed by atoms with Crippen LogP contribution >= 0.6 is 0 Å². The molecule has 6 rings (SSSR count). The minimum atomic E-state index is -3.91. The second kappa shape index (κ2) is 14.8. The fourth-order valence-corrected chi connectivity index (χ4v) is 8.82. The highest BCUT2D eigenvalue weighted by molar-refractivity contribution is 7.91. The third-order valence-corrected chi connectivity index (χ3v) is 12.5. The molecule has 13 nitrogen and oxygen atoms in total. The Kier molecular flexibility index (Phi) is 10.7. The zero-order valence-corrected chi connectivity index (χ0v) is 30.8. The van der Waals surface area contributed by atoms with Gasteiger partial charge in [-0.05, 0) is 68.4 Å². The van der Waals surface area contributed by atoms with Crippen molar-refractivity contribution >= 4 is 39.8 Å². The van der Waals surface area contributed by atoms with Gasteiger partial charge >= 0.3 is 12.2 Å². The molecule has 0 radical (unpaired) electrons. The third-order valence-electron chi connectivity index (χ3n) is 10.6. The summed E-state index contributed by atoms with van der Waals surface area (Å²) < 4.78 is 53.4. The van der Waals surface area contributed by atoms with E-state index in [2.05, 4.69) is 15.4 Å². The van der Waals surface area contributed by atoms with Gasteiger partial charge in [-0.25, -0.2) is 22.4 Å². The van der Waals surface area contributed by atoms with Crippen molar-refractivity contribution in [3.63, 3.8) is 0 Å². The molecule has 284 valence electrons. The third kappa shape index (κ3) is 8.61. The van der Waals surface area contributed by atoms with Crippen molar-refractivity contribution in [2.75, 3.05) is 6.61 Å². The second-order valence-electron chi connectivity index (χ2n) is 16.2. The fraction of sp³-hybridized carbons (Fsp3) is 0.649. The number of nitrogens with one attached hydrogen (secondary N) is 3. The lowest BCUT2D eigenvalue weighted by molar-refractivity contribution is -0.136. The summed E-state index contributed by atoms with van der Waals surface area (Å²) in [5.41, 5.74) is -0.782. The summed E-state index contributed by atoms with van der Waals surface area (Å²) in [5, 5.41) is 4.90. The molecule has 2 aliphatic heterocycles. The molecule has 5 aliphatic rings. The minimum absolute atomic E-state index is 0.0127. The van der Waals surface area contributed by atoms with Crippen LogP contribution in [0.3, 0.4) is 0 Å². The number of fused-ring (bicyclic) bond motifs is 3. The molecule has 15 heteroatoms. The van der Waals surface area contributed by atoms with Crippen LogP contribution in [-0.4, -0.2) is 72.6 Å². The summed E-state index contributed by atoms with van der Waals surface area (Å²) in [5.74, 6) is -4.84. The molecule has 4 amide bonds. The van der Waals surface area contributed by atoms with E-state index in [9.17, 15) is 36.8 Å². The van der Waals surface area contributed by atoms with E-state index in [4.69, 9.17) is 9.47 Å². The Morgan fingerprint density at radius 3 is 2.50 bits per heavy atom. The number of allylic oxidation sites excluding steroid dienone is 1. The number of hydrogen-bond acceptors (Lipinski definition) is 9. The second-order valence-corrected chi connectivity index (χ2v) is 18.1. The molecule has 0 spiro atoms. The van der Waals surface area contributed by atoms with E-state index in [0.717, 1.165) is 12.8 Å². The molecule has 0 saturated heterocycles. The van der Waals surface area contributed by atoms with Gasteiger partial charge in [0.2, 0.25) is 15.9 Å². The predicted octanol–water partition coefficient (Wildman–Crippen LogP) is 4.39. The zero-order chi connectivity index (χ0) is 37.4. The Morgan fingerprint density at radius 2 is 1.79 bits per heavy atom. The number of hydrogen-bond donors (Lipinski definition) is 3. The molecular weight excluding hydrogens is 695 g/mol. The number of amides is 4. The van der Waals surface area contributed by atoms with E-state index >= 15 is 0 Å². The minimum Gasteiger partial charge on any atom is -0.449 e. The molecule has 3 fully saturated rings. The number of nitrogens with zero attached hydrogens (tertiary/aromatic N) is 1. The smallest absolute Gasteiger partial charge is 0.410 e. The fourth-order valence-electron chi connectivity index (χ4n) is 7.45. The topological polar surface area (TPSA) is 177 Å². The van der Waals surface area contributed by atoms with Crippen LogP contribution in [0, 0.1) is 29.0 Å². The van der Waals surface area contributed by atoms with Crippen molar-refractivity contribution in [1.29, 1.82) is 0 Å². The summed E-state index contributed by atoms with van der Waals surface area (Å²) in [6.45, 7) is 5.99. The number of alkyl carbamates (subject to hydrolysis) is 1. The molecule has 0 aromatic heterocycles. The molecule has 3 saturated carbocycles. The maximum Gasteiger partial charge on any atom is 0.410 e. The maximum absolute atomic E-state index is 14.4. The Balaban J connectivity index is 1.24. The molecule has 3 N–H and O–H groups in total. The van der Waals surface area contributed by atoms with E-state index < -0.39 is 86.3 Å². The Morgan fingerprint density at radius 1 is 1.04 bits per heavy atom. The van der Waals surface area contributed by atoms with Crippen LogP contribution in [-0.2, 0) is 47.0 Å². The van der Waals surface area contributed by atoms with E-state index in [1.165, 1.54) is 11.0 Å². The van der Waals surface area contributed by atoms with Crippen molar-refractivity contribution in [3.8, 4) is 0 Å². The van der Waals surface area contributed by atoms with Crippen LogP contribution in [0.15, 0.2) is 30.4 Å². The molecule has 0 bridgehead atoms. The van der Waals surface area contributed by atoms with Crippen LogP contribution in [0.4, 0.5) is 14.0 Å². The quantitative estimate of drug-likeness (QED) is 0.357. The van der Waals surface area contributed by atoms with E-state index in [0.29, 0.717) is 43.2 Å². The number of benzene rings is 1. The average Bonchev–Trinajstić information content (AvgIpc) is 3.96. The van der Waals surface area contributed by atoms with Crippen LogP contribution < -0.4 is 15.4 Å². The highest BCUT2D eigenvalue weighted by atomic mass is 32.2. The van der Waals surface area contributed by atoms with Crippen LogP contribution in [0.2, 0.25) is 0 Å². The maximum atomic E-state index is 14.4. The lowest BCUT2D eigenvalue weighted by Crippen LogP contribution is -2.54. The highest BCUT2D eigenvalue weighted by Gasteiger charge is 2.62. The van der Waals surface area contributed by atoms with Crippen molar-refractivity contribution in [3.05, 3.63) is 47.3 Å². The van der Waals surface area contributed by atoms with E-state index in [1.54, 1.807) is 12.1 Å². The van der Waals surface area contributed by atoms with E-state index in [-0.39, 0.29) is 44.4 Å². The first-order valence-electron chi connectivity index (χ1n) is 18.3. The molecule has 52 heavy (non-hydrogen) atoms. The zero-order valence-electron chi connectivity index (χ0n) is 30.0. The summed E-state index contributed by atoms with van der Waals surface area (Å²) in [6.07, 6.45) is 5.50. The van der Waals surface area contributed by atoms with Crippen LogP contribution in [0.5, 0.6) is 0 Å². The van der Waals surface area contributed by atoms with Gasteiger partial charge in [-0.15, -0.1) is 0 Å². The summed E-state index contributed by atoms with van der Waals surface area (Å²) >= 11 is 0. The number of rotatable bonds is 6. The predicted molar refractivity (Wildman–Crippen MR) is 186 cm³/mol. The number of Topliss-reactive ketones (excluding diaryl/α,β-unsaturated/α-hetero) is 1. The van der Waals surface area contributed by atoms with Crippen LogP contribution in [0.1, 0.15) is 96.1 Å². The average molecular weight is 745 g/mol. The van der Waals surface area contributed by atoms with Gasteiger partial charge in [-0.3, -0.25) is 24.0 Å². The summed E-state index contributed by atoms with van der Waals surface area (Å²) in [7, 11) is -3.91. The summed E-state index contributed by atoms with van der Waals surface area (Å²) in [6, 6.07) is 3.64. The molecule has 3 aliphatic carbocycles. The van der Waals surface area contributed by atoms with Gasteiger partial charge in [0.05, 0.1) is 30.4 Å². The lowest BCUT2D eigenvalue weighted by atomic mass is 9.86. The highest BCUT2D eigenvalue weighted by Crippen LogP contribution is 2.47. The summed E-state index contributed by atoms with van der Waals surface area (Å²) in [4.78, 5) is 69.9. The Bertz CT molecular complexity index is 1740. The molecule has 2 heterocycles. The standard InChI is InChI=1S/C37H49FN4O9S/c1-36(2,3)21-50-34(46)39-30-13-8-6-4-5-7-11-23-18-37(23,33(45)41-52(48,49)25-14-15-25)40-32(44)27-17-24(16-26(27)31(30)43)51-35(47)42-19-22-10-9-12-29(38)28(22)20-42/h7,9-12,23-27,30H,4-6,8,13-21H2,1-3H3,(H,39,46)(H,40,44)(H,41,45)/t23-,24+,26?,27-,30+,37-/m1/s1. The molecule has 1 aromatic rings. The number of carbonyl (C=O) groups excluding carboxylic acids is 5. The first kappa shape index (κ1) is 37.7. The van der Waals surface area contributed by atoms with Gasteiger partial charge in [0.25, 0.3) is 5.91 Å². The largest absolute Gasteiger partial charge is 0.449 e. The first-order valence-corrected chi connectivity index (χ1v) is 19.8. The number of sulfonamides is 1. The van der Waals surface area contributed by atoms with Gasteiger partial charge in [0.1, 0.15) is 17.5 Å². The van der Waals surface area contributed by atoms with Gasteiger partial charge in [-0.1, -0.05) is 57.9 Å². The van der Waals surface area contributed by atoms with Gasteiger partial charge in [0, 0.05) is 23.9 Å². The van der Waals surface area contributed by atoms with Crippen LogP contribution in [0.25, 0.3) is 0 Å². The number of carbonyl (C=O) groups is 5. The molecule has 1 unspecified atom stereocenters. The number of ketones is 1. The monoisotopic (exact) mass is 744 g/mol. The number of halogens is 1. The molecule has 6 atom stereocenters. The van der Waals surface area contributed by atoms with Crippen molar-refractivity contribution in [1.82, 2.24) is 20.3 Å². The number of ether oxygens (including phenoxy) is 2. The Labute approximate surface area is 303 Å². The van der Waals surface area contributed by atoms with Crippen molar-refractivity contribution in [2.45, 2.75) is 121 Å².